The van der Waals surface area contributed by atoms with Gasteiger partial charge in [-0.05, 0) is 43.7 Å². The largest absolute Gasteiger partial charge is 0.493 e. The van der Waals surface area contributed by atoms with Gasteiger partial charge in [0.2, 0.25) is 0 Å². The molecule has 1 aliphatic heterocycles. The van der Waals surface area contributed by atoms with Crippen molar-refractivity contribution < 1.29 is 27.4 Å². The first-order chi connectivity index (χ1) is 15.6. The van der Waals surface area contributed by atoms with Gasteiger partial charge in [-0.1, -0.05) is 0 Å². The summed E-state index contributed by atoms with van der Waals surface area (Å²) in [5, 5.41) is 3.87. The Morgan fingerprint density at radius 2 is 1.94 bits per heavy atom. The van der Waals surface area contributed by atoms with Gasteiger partial charge in [0.05, 0.1) is 37.4 Å². The van der Waals surface area contributed by atoms with Gasteiger partial charge in [0.25, 0.3) is 0 Å². The number of anilines is 2. The molecule has 0 radical (unpaired) electrons. The number of nitrogens with two attached hydrogens (primary N) is 1. The second kappa shape index (κ2) is 8.93. The Balaban J connectivity index is 1.71. The lowest BCUT2D eigenvalue weighted by atomic mass is 10.0. The molecular formula is C23H25F3N4O3. The second-order valence-corrected chi connectivity index (χ2v) is 8.00. The predicted molar refractivity (Wildman–Crippen MR) is 119 cm³/mol. The zero-order valence-electron chi connectivity index (χ0n) is 18.5. The van der Waals surface area contributed by atoms with Crippen LogP contribution in [0.15, 0.2) is 30.3 Å². The first-order valence-electron chi connectivity index (χ1n) is 10.5. The van der Waals surface area contributed by atoms with Crippen molar-refractivity contribution in [3.8, 4) is 11.5 Å². The minimum absolute atomic E-state index is 0.0383. The lowest BCUT2D eigenvalue weighted by molar-refractivity contribution is -0.137. The van der Waals surface area contributed by atoms with E-state index < -0.39 is 17.8 Å². The van der Waals surface area contributed by atoms with Crippen LogP contribution in [0.3, 0.4) is 0 Å². The highest BCUT2D eigenvalue weighted by Crippen LogP contribution is 2.37. The number of aromatic nitrogens is 2. The monoisotopic (exact) mass is 462 g/mol. The number of hydrogen-bond donors (Lipinski definition) is 2. The van der Waals surface area contributed by atoms with Gasteiger partial charge in [0.15, 0.2) is 11.5 Å². The smallest absolute Gasteiger partial charge is 0.416 e. The topological polar surface area (TPSA) is 91.5 Å². The molecule has 33 heavy (non-hydrogen) atoms. The maximum absolute atomic E-state index is 13.3. The van der Waals surface area contributed by atoms with Gasteiger partial charge in [0.1, 0.15) is 17.7 Å². The number of nitrogens with one attached hydrogen (secondary N) is 1. The molecule has 2 unspecified atom stereocenters. The minimum Gasteiger partial charge on any atom is -0.493 e. The van der Waals surface area contributed by atoms with E-state index in [2.05, 4.69) is 15.3 Å². The van der Waals surface area contributed by atoms with E-state index in [4.69, 9.17) is 19.9 Å². The molecule has 1 fully saturated rings. The Hall–Kier alpha value is -3.27. The van der Waals surface area contributed by atoms with Crippen LogP contribution in [0.1, 0.15) is 36.3 Å². The Kier molecular flexibility index (Phi) is 6.20. The first kappa shape index (κ1) is 22.9. The number of methoxy groups -OCH3 is 1. The Morgan fingerprint density at radius 1 is 1.15 bits per heavy atom. The van der Waals surface area contributed by atoms with Crippen LogP contribution in [-0.4, -0.2) is 36.4 Å². The molecule has 0 spiro atoms. The maximum atomic E-state index is 13.3. The second-order valence-electron chi connectivity index (χ2n) is 8.00. The lowest BCUT2D eigenvalue weighted by Gasteiger charge is -2.20. The molecule has 2 atom stereocenters. The molecular weight excluding hydrogens is 437 g/mol. The van der Waals surface area contributed by atoms with Crippen molar-refractivity contribution >= 4 is 22.4 Å². The molecule has 2 heterocycles. The van der Waals surface area contributed by atoms with Crippen molar-refractivity contribution in [2.24, 2.45) is 0 Å². The van der Waals surface area contributed by atoms with Crippen LogP contribution < -0.4 is 20.5 Å². The van der Waals surface area contributed by atoms with E-state index >= 15 is 0 Å². The Morgan fingerprint density at radius 3 is 2.61 bits per heavy atom. The summed E-state index contributed by atoms with van der Waals surface area (Å²) in [5.74, 6) is 2.01. The fourth-order valence-electron chi connectivity index (χ4n) is 3.78. The summed E-state index contributed by atoms with van der Waals surface area (Å²) in [6.07, 6.45) is -3.81. The van der Waals surface area contributed by atoms with Crippen molar-refractivity contribution in [2.75, 3.05) is 31.4 Å². The number of nitrogens with zero attached hydrogens (tertiary/aromatic N) is 2. The molecule has 0 amide bonds. The molecule has 0 saturated carbocycles. The van der Waals surface area contributed by atoms with Crippen molar-refractivity contribution in [1.82, 2.24) is 9.97 Å². The van der Waals surface area contributed by atoms with Crippen LogP contribution in [0, 0.1) is 6.92 Å². The van der Waals surface area contributed by atoms with Crippen LogP contribution in [0.25, 0.3) is 10.9 Å². The average molecular weight is 462 g/mol. The normalized spacial score (nSPS) is 17.2. The third-order valence-corrected chi connectivity index (χ3v) is 5.43. The summed E-state index contributed by atoms with van der Waals surface area (Å²) in [6.45, 7) is 4.61. The van der Waals surface area contributed by atoms with Crippen LogP contribution in [0.5, 0.6) is 11.5 Å². The molecule has 2 aromatic carbocycles. The summed E-state index contributed by atoms with van der Waals surface area (Å²) in [5.41, 5.74) is 5.99. The van der Waals surface area contributed by atoms with Gasteiger partial charge in [-0.25, -0.2) is 9.97 Å². The van der Waals surface area contributed by atoms with E-state index in [1.807, 2.05) is 0 Å². The molecule has 1 aliphatic rings. The fraction of sp³-hybridized carbons (Fsp3) is 0.391. The number of nitrogen functional groups attached to an aromatic ring is 1. The molecule has 7 nitrogen and oxygen atoms in total. The van der Waals surface area contributed by atoms with E-state index in [-0.39, 0.29) is 11.8 Å². The number of fused-ring (bicyclic) bond motifs is 1. The fourth-order valence-corrected chi connectivity index (χ4v) is 3.78. The first-order valence-corrected chi connectivity index (χ1v) is 10.5. The molecule has 1 saturated heterocycles. The Labute approximate surface area is 189 Å². The van der Waals surface area contributed by atoms with E-state index in [1.165, 1.54) is 6.07 Å². The zero-order chi connectivity index (χ0) is 23.8. The van der Waals surface area contributed by atoms with Crippen molar-refractivity contribution in [1.29, 1.82) is 0 Å². The van der Waals surface area contributed by atoms with Gasteiger partial charge in [-0.2, -0.15) is 13.2 Å². The predicted octanol–water partition coefficient (Wildman–Crippen LogP) is 4.89. The van der Waals surface area contributed by atoms with Crippen molar-refractivity contribution in [3.63, 3.8) is 0 Å². The van der Waals surface area contributed by atoms with Gasteiger partial charge in [0, 0.05) is 23.6 Å². The van der Waals surface area contributed by atoms with Crippen LogP contribution in [0.2, 0.25) is 0 Å². The average Bonchev–Trinajstić information content (AvgIpc) is 3.25. The van der Waals surface area contributed by atoms with Crippen LogP contribution in [-0.2, 0) is 10.9 Å². The summed E-state index contributed by atoms with van der Waals surface area (Å²) in [7, 11) is 1.55. The zero-order valence-corrected chi connectivity index (χ0v) is 18.5. The number of halogens is 3. The van der Waals surface area contributed by atoms with Gasteiger partial charge in [-0.15, -0.1) is 0 Å². The van der Waals surface area contributed by atoms with E-state index in [0.29, 0.717) is 52.8 Å². The Bertz CT molecular complexity index is 1160. The number of ether oxygens (including phenoxy) is 3. The molecule has 10 heteroatoms. The molecule has 3 N–H and O–H groups in total. The highest BCUT2D eigenvalue weighted by Gasteiger charge is 2.31. The van der Waals surface area contributed by atoms with Crippen LogP contribution in [0.4, 0.5) is 24.7 Å². The third-order valence-electron chi connectivity index (χ3n) is 5.43. The number of hydrogen-bond acceptors (Lipinski definition) is 7. The third kappa shape index (κ3) is 5.05. The summed E-state index contributed by atoms with van der Waals surface area (Å²) in [4.78, 5) is 8.97. The van der Waals surface area contributed by atoms with Gasteiger partial charge >= 0.3 is 6.18 Å². The quantitative estimate of drug-likeness (QED) is 0.504. The van der Waals surface area contributed by atoms with Gasteiger partial charge < -0.3 is 25.3 Å². The molecule has 3 aromatic rings. The number of aryl methyl sites for hydroxylation is 1. The summed E-state index contributed by atoms with van der Waals surface area (Å²) < 4.78 is 56.7. The van der Waals surface area contributed by atoms with Crippen molar-refractivity contribution in [3.05, 3.63) is 47.3 Å². The maximum Gasteiger partial charge on any atom is 0.416 e. The standard InChI is InChI=1S/C23H25F3N4O3/c1-12(14-6-15(23(24,25)26)8-16(27)7-14)28-22-18-9-21(33-17-4-5-32-11-17)20(31-3)10-19(18)29-13(2)30-22/h6-10,12,17H,4-5,11,27H2,1-3H3,(H,28,29,30). The minimum atomic E-state index is -4.49. The van der Waals surface area contributed by atoms with E-state index in [1.54, 1.807) is 33.1 Å². The van der Waals surface area contributed by atoms with E-state index in [9.17, 15) is 13.2 Å². The lowest BCUT2D eigenvalue weighted by Crippen LogP contribution is -2.16. The summed E-state index contributed by atoms with van der Waals surface area (Å²) >= 11 is 0. The number of alkyl halides is 3. The number of rotatable bonds is 6. The highest BCUT2D eigenvalue weighted by molar-refractivity contribution is 5.92. The molecule has 176 valence electrons. The van der Waals surface area contributed by atoms with Crippen molar-refractivity contribution in [2.45, 2.75) is 38.6 Å². The molecule has 0 bridgehead atoms. The summed E-state index contributed by atoms with van der Waals surface area (Å²) in [6, 6.07) is 6.54. The highest BCUT2D eigenvalue weighted by atomic mass is 19.4. The molecule has 0 aliphatic carbocycles. The van der Waals surface area contributed by atoms with Gasteiger partial charge in [-0.3, -0.25) is 0 Å². The van der Waals surface area contributed by atoms with Crippen LogP contribution >= 0.6 is 0 Å². The molecule has 1 aromatic heterocycles. The molecule has 4 rings (SSSR count). The SMILES string of the molecule is COc1cc2nc(C)nc(NC(C)c3cc(N)cc(C(F)(F)F)c3)c2cc1OC1CCOC1. The number of benzene rings is 2. The van der Waals surface area contributed by atoms with E-state index in [0.717, 1.165) is 18.6 Å².